The molecule has 0 aliphatic heterocycles. The molecule has 0 radical (unpaired) electrons. The standard InChI is InChI=1S/C9H18N2/c1-9(2,3)6-8(7-10)11(4)5/h8H,6H2,1-5H3. The van der Waals surface area contributed by atoms with Crippen LogP contribution < -0.4 is 0 Å². The Morgan fingerprint density at radius 3 is 1.91 bits per heavy atom. The van der Waals surface area contributed by atoms with Crippen LogP contribution in [0.1, 0.15) is 27.2 Å². The molecular formula is C9H18N2. The minimum atomic E-state index is 0.0509. The minimum Gasteiger partial charge on any atom is -0.294 e. The summed E-state index contributed by atoms with van der Waals surface area (Å²) in [6, 6.07) is 2.33. The van der Waals surface area contributed by atoms with Crippen LogP contribution in [-0.4, -0.2) is 25.0 Å². The first-order valence-corrected chi connectivity index (χ1v) is 3.93. The first-order chi connectivity index (χ1) is 4.87. The Kier molecular flexibility index (Phi) is 3.54. The van der Waals surface area contributed by atoms with E-state index in [4.69, 9.17) is 5.26 Å². The summed E-state index contributed by atoms with van der Waals surface area (Å²) >= 11 is 0. The molecule has 0 fully saturated rings. The molecule has 0 N–H and O–H groups in total. The summed E-state index contributed by atoms with van der Waals surface area (Å²) in [5, 5.41) is 8.77. The monoisotopic (exact) mass is 154 g/mol. The molecule has 0 saturated carbocycles. The molecule has 0 bridgehead atoms. The molecule has 0 aromatic heterocycles. The second-order valence-corrected chi connectivity index (χ2v) is 4.37. The van der Waals surface area contributed by atoms with Gasteiger partial charge in [-0.15, -0.1) is 0 Å². The third kappa shape index (κ3) is 4.80. The van der Waals surface area contributed by atoms with Crippen LogP contribution in [0.25, 0.3) is 0 Å². The van der Waals surface area contributed by atoms with Crippen LogP contribution in [-0.2, 0) is 0 Å². The van der Waals surface area contributed by atoms with Crippen LogP contribution in [0.15, 0.2) is 0 Å². The lowest BCUT2D eigenvalue weighted by Crippen LogP contribution is -2.30. The van der Waals surface area contributed by atoms with Gasteiger partial charge in [-0.05, 0) is 25.9 Å². The molecule has 0 spiro atoms. The molecule has 0 aromatic rings. The number of rotatable bonds is 2. The third-order valence-corrected chi connectivity index (χ3v) is 1.58. The van der Waals surface area contributed by atoms with Gasteiger partial charge in [-0.25, -0.2) is 0 Å². The Morgan fingerprint density at radius 1 is 1.36 bits per heavy atom. The molecule has 2 heteroatoms. The highest BCUT2D eigenvalue weighted by atomic mass is 15.1. The van der Waals surface area contributed by atoms with Gasteiger partial charge in [0.05, 0.1) is 12.1 Å². The number of nitrogens with zero attached hydrogens (tertiary/aromatic N) is 2. The van der Waals surface area contributed by atoms with E-state index in [1.54, 1.807) is 0 Å². The van der Waals surface area contributed by atoms with E-state index in [0.717, 1.165) is 6.42 Å². The summed E-state index contributed by atoms with van der Waals surface area (Å²) in [5.74, 6) is 0. The van der Waals surface area contributed by atoms with Gasteiger partial charge in [0.1, 0.15) is 0 Å². The highest BCUT2D eigenvalue weighted by Crippen LogP contribution is 2.21. The highest BCUT2D eigenvalue weighted by molar-refractivity contribution is 4.92. The molecule has 0 heterocycles. The zero-order valence-electron chi connectivity index (χ0n) is 8.18. The van der Waals surface area contributed by atoms with E-state index >= 15 is 0 Å². The van der Waals surface area contributed by atoms with Crippen LogP contribution in [0.3, 0.4) is 0 Å². The zero-order chi connectivity index (χ0) is 9.07. The van der Waals surface area contributed by atoms with Gasteiger partial charge in [0, 0.05) is 0 Å². The van der Waals surface area contributed by atoms with E-state index in [2.05, 4.69) is 26.8 Å². The zero-order valence-corrected chi connectivity index (χ0v) is 8.18. The molecule has 0 aliphatic carbocycles. The lowest BCUT2D eigenvalue weighted by molar-refractivity contribution is 0.250. The van der Waals surface area contributed by atoms with Crippen molar-refractivity contribution in [3.8, 4) is 6.07 Å². The SMILES string of the molecule is CN(C)C(C#N)CC(C)(C)C. The van der Waals surface area contributed by atoms with Crippen molar-refractivity contribution in [2.45, 2.75) is 33.2 Å². The summed E-state index contributed by atoms with van der Waals surface area (Å²) in [5.41, 5.74) is 0.241. The molecule has 0 aromatic carbocycles. The smallest absolute Gasteiger partial charge is 0.0977 e. The fraction of sp³-hybridized carbons (Fsp3) is 0.889. The molecule has 64 valence electrons. The van der Waals surface area contributed by atoms with E-state index in [1.807, 2.05) is 19.0 Å². The van der Waals surface area contributed by atoms with E-state index in [-0.39, 0.29) is 11.5 Å². The first kappa shape index (κ1) is 10.4. The van der Waals surface area contributed by atoms with Crippen LogP contribution in [0.5, 0.6) is 0 Å². The van der Waals surface area contributed by atoms with E-state index in [9.17, 15) is 0 Å². The average Bonchev–Trinajstić information content (AvgIpc) is 1.80. The number of hydrogen-bond acceptors (Lipinski definition) is 2. The molecular weight excluding hydrogens is 136 g/mol. The van der Waals surface area contributed by atoms with Crippen molar-refractivity contribution in [2.24, 2.45) is 5.41 Å². The third-order valence-electron chi connectivity index (χ3n) is 1.58. The Morgan fingerprint density at radius 2 is 1.82 bits per heavy atom. The van der Waals surface area contributed by atoms with Crippen molar-refractivity contribution in [1.82, 2.24) is 4.90 Å². The maximum Gasteiger partial charge on any atom is 0.0977 e. The van der Waals surface area contributed by atoms with Crippen LogP contribution in [0.2, 0.25) is 0 Å². The van der Waals surface area contributed by atoms with Crippen LogP contribution in [0.4, 0.5) is 0 Å². The van der Waals surface area contributed by atoms with Gasteiger partial charge in [0.25, 0.3) is 0 Å². The van der Waals surface area contributed by atoms with Crippen molar-refractivity contribution in [1.29, 1.82) is 5.26 Å². The van der Waals surface area contributed by atoms with Gasteiger partial charge in [0.15, 0.2) is 0 Å². The molecule has 2 nitrogen and oxygen atoms in total. The predicted molar refractivity (Wildman–Crippen MR) is 47.2 cm³/mol. The summed E-state index contributed by atoms with van der Waals surface area (Å²) < 4.78 is 0. The predicted octanol–water partition coefficient (Wildman–Crippen LogP) is 1.88. The second kappa shape index (κ2) is 3.73. The molecule has 1 atom stereocenters. The van der Waals surface area contributed by atoms with Gasteiger partial charge in [0.2, 0.25) is 0 Å². The van der Waals surface area contributed by atoms with Gasteiger partial charge < -0.3 is 0 Å². The van der Waals surface area contributed by atoms with Gasteiger partial charge in [-0.2, -0.15) is 5.26 Å². The molecule has 0 aliphatic rings. The summed E-state index contributed by atoms with van der Waals surface area (Å²) in [6.45, 7) is 6.46. The second-order valence-electron chi connectivity index (χ2n) is 4.37. The lowest BCUT2D eigenvalue weighted by atomic mass is 9.88. The maximum atomic E-state index is 8.77. The van der Waals surface area contributed by atoms with Crippen LogP contribution in [0, 0.1) is 16.7 Å². The molecule has 11 heavy (non-hydrogen) atoms. The van der Waals surface area contributed by atoms with Crippen molar-refractivity contribution in [3.63, 3.8) is 0 Å². The normalized spacial score (nSPS) is 14.6. The summed E-state index contributed by atoms with van der Waals surface area (Å²) in [7, 11) is 3.89. The van der Waals surface area contributed by atoms with Gasteiger partial charge in [-0.3, -0.25) is 4.90 Å². The Labute approximate surface area is 69.8 Å². The van der Waals surface area contributed by atoms with E-state index < -0.39 is 0 Å². The van der Waals surface area contributed by atoms with Gasteiger partial charge >= 0.3 is 0 Å². The molecule has 0 amide bonds. The van der Waals surface area contributed by atoms with Crippen molar-refractivity contribution in [2.75, 3.05) is 14.1 Å². The lowest BCUT2D eigenvalue weighted by Gasteiger charge is -2.25. The van der Waals surface area contributed by atoms with Crippen molar-refractivity contribution < 1.29 is 0 Å². The maximum absolute atomic E-state index is 8.77. The number of nitriles is 1. The highest BCUT2D eigenvalue weighted by Gasteiger charge is 2.19. The quantitative estimate of drug-likeness (QED) is 0.607. The largest absolute Gasteiger partial charge is 0.294 e. The van der Waals surface area contributed by atoms with Crippen LogP contribution >= 0.6 is 0 Å². The van der Waals surface area contributed by atoms with E-state index in [0.29, 0.717) is 0 Å². The van der Waals surface area contributed by atoms with Crippen molar-refractivity contribution in [3.05, 3.63) is 0 Å². The minimum absolute atomic E-state index is 0.0509. The average molecular weight is 154 g/mol. The van der Waals surface area contributed by atoms with Crippen molar-refractivity contribution >= 4 is 0 Å². The Bertz CT molecular complexity index is 148. The summed E-state index contributed by atoms with van der Waals surface area (Å²) in [6.07, 6.45) is 0.927. The molecule has 1 unspecified atom stereocenters. The van der Waals surface area contributed by atoms with Gasteiger partial charge in [-0.1, -0.05) is 20.8 Å². The fourth-order valence-corrected chi connectivity index (χ4v) is 0.924. The first-order valence-electron chi connectivity index (χ1n) is 3.93. The molecule has 0 saturated heterocycles. The topological polar surface area (TPSA) is 27.0 Å². The fourth-order valence-electron chi connectivity index (χ4n) is 0.924. The Balaban J connectivity index is 4.02. The number of hydrogen-bond donors (Lipinski definition) is 0. The Hall–Kier alpha value is -0.550. The molecule has 0 rings (SSSR count). The summed E-state index contributed by atoms with van der Waals surface area (Å²) in [4.78, 5) is 1.96. The van der Waals surface area contributed by atoms with E-state index in [1.165, 1.54) is 0 Å².